The van der Waals surface area contributed by atoms with Crippen LogP contribution < -0.4 is 4.90 Å². The minimum Gasteiger partial charge on any atom is -0.318 e. The maximum atomic E-state index is 12.8. The molecule has 1 aliphatic carbocycles. The van der Waals surface area contributed by atoms with E-state index in [1.54, 1.807) is 0 Å². The Morgan fingerprint density at radius 3 is 2.81 bits per heavy atom. The lowest BCUT2D eigenvalue weighted by Crippen LogP contribution is -2.64. The highest BCUT2D eigenvalue weighted by atomic mass is 16.2. The molecule has 2 heterocycles. The van der Waals surface area contributed by atoms with Crippen molar-refractivity contribution in [1.82, 2.24) is 4.90 Å². The van der Waals surface area contributed by atoms with E-state index >= 15 is 0 Å². The van der Waals surface area contributed by atoms with Crippen LogP contribution in [0.3, 0.4) is 0 Å². The first-order chi connectivity index (χ1) is 10.2. The Kier molecular flexibility index (Phi) is 2.65. The van der Waals surface area contributed by atoms with Gasteiger partial charge in [0.25, 0.3) is 5.91 Å². The Balaban J connectivity index is 1.95. The first kappa shape index (κ1) is 12.9. The van der Waals surface area contributed by atoms with Gasteiger partial charge in [0.1, 0.15) is 5.66 Å². The van der Waals surface area contributed by atoms with Crippen LogP contribution in [0.1, 0.15) is 48.9 Å². The maximum absolute atomic E-state index is 12.8. The molecule has 0 bridgehead atoms. The molecule has 1 spiro atoms. The summed E-state index contributed by atoms with van der Waals surface area (Å²) in [7, 11) is 1.88. The molecule has 2 unspecified atom stereocenters. The van der Waals surface area contributed by atoms with E-state index in [0.29, 0.717) is 12.0 Å². The number of rotatable bonds is 0. The fourth-order valence-corrected chi connectivity index (χ4v) is 4.61. The number of hydrogen-bond acceptors (Lipinski definition) is 2. The first-order valence-corrected chi connectivity index (χ1v) is 7.86. The summed E-state index contributed by atoms with van der Waals surface area (Å²) in [6.45, 7) is 0. The average Bonchev–Trinajstić information content (AvgIpc) is 2.64. The van der Waals surface area contributed by atoms with Crippen LogP contribution in [0.25, 0.3) is 0 Å². The van der Waals surface area contributed by atoms with Crippen molar-refractivity contribution in [1.29, 1.82) is 0 Å². The second-order valence-electron chi connectivity index (χ2n) is 6.49. The van der Waals surface area contributed by atoms with Crippen LogP contribution in [0.5, 0.6) is 0 Å². The third-order valence-corrected chi connectivity index (χ3v) is 5.57. The highest BCUT2D eigenvalue weighted by Gasteiger charge is 2.59. The van der Waals surface area contributed by atoms with Crippen molar-refractivity contribution in [2.75, 3.05) is 11.9 Å². The Hall–Kier alpha value is -1.84. The van der Waals surface area contributed by atoms with Gasteiger partial charge in [0.05, 0.1) is 11.3 Å². The molecule has 3 aliphatic rings. The zero-order valence-electron chi connectivity index (χ0n) is 12.3. The van der Waals surface area contributed by atoms with Crippen molar-refractivity contribution in [2.24, 2.45) is 5.92 Å². The van der Waals surface area contributed by atoms with Crippen molar-refractivity contribution in [3.8, 4) is 0 Å². The molecule has 2 atom stereocenters. The first-order valence-electron chi connectivity index (χ1n) is 7.86. The van der Waals surface area contributed by atoms with Gasteiger partial charge in [-0.3, -0.25) is 14.5 Å². The molecule has 21 heavy (non-hydrogen) atoms. The zero-order chi connectivity index (χ0) is 14.6. The summed E-state index contributed by atoms with van der Waals surface area (Å²) in [4.78, 5) is 29.3. The van der Waals surface area contributed by atoms with Crippen LogP contribution in [-0.4, -0.2) is 29.4 Å². The van der Waals surface area contributed by atoms with E-state index in [1.807, 2.05) is 41.1 Å². The standard InChI is InChI=1S/C17H20N2O2/c1-18-16(21)13-8-4-5-9-14(13)19-15(20)11-12-7-3-2-6-10-17(12,18)19/h4-5,8-9,12H,2-3,6-7,10-11H2,1H3. The van der Waals surface area contributed by atoms with Gasteiger partial charge in [0.15, 0.2) is 0 Å². The molecule has 0 radical (unpaired) electrons. The Morgan fingerprint density at radius 1 is 1.14 bits per heavy atom. The summed E-state index contributed by atoms with van der Waals surface area (Å²) >= 11 is 0. The molecule has 0 N–H and O–H groups in total. The number of amides is 2. The number of carbonyl (C=O) groups excluding carboxylic acids is 2. The molecule has 1 aromatic rings. The fraction of sp³-hybridized carbons (Fsp3) is 0.529. The van der Waals surface area contributed by atoms with Crippen molar-refractivity contribution >= 4 is 17.5 Å². The third kappa shape index (κ3) is 1.50. The van der Waals surface area contributed by atoms with Gasteiger partial charge >= 0.3 is 0 Å². The zero-order valence-corrected chi connectivity index (χ0v) is 12.3. The summed E-state index contributed by atoms with van der Waals surface area (Å²) in [6.07, 6.45) is 5.97. The molecular formula is C17H20N2O2. The topological polar surface area (TPSA) is 40.6 Å². The predicted molar refractivity (Wildman–Crippen MR) is 79.9 cm³/mol. The molecule has 4 heteroatoms. The number of para-hydroxylation sites is 1. The van der Waals surface area contributed by atoms with Gasteiger partial charge in [-0.25, -0.2) is 0 Å². The molecule has 4 rings (SSSR count). The number of carbonyl (C=O) groups is 2. The van der Waals surface area contributed by atoms with E-state index in [1.165, 1.54) is 6.42 Å². The van der Waals surface area contributed by atoms with E-state index in [0.717, 1.165) is 31.4 Å². The second-order valence-corrected chi connectivity index (χ2v) is 6.49. The maximum Gasteiger partial charge on any atom is 0.257 e. The predicted octanol–water partition coefficient (Wildman–Crippen LogP) is 2.79. The lowest BCUT2D eigenvalue weighted by molar-refractivity contribution is -0.118. The average molecular weight is 284 g/mol. The Bertz CT molecular complexity index is 627. The van der Waals surface area contributed by atoms with E-state index in [2.05, 4.69) is 0 Å². The number of fused-ring (bicyclic) bond motifs is 2. The van der Waals surface area contributed by atoms with Crippen LogP contribution in [-0.2, 0) is 4.79 Å². The number of hydrogen-bond donors (Lipinski definition) is 0. The van der Waals surface area contributed by atoms with E-state index in [4.69, 9.17) is 0 Å². The van der Waals surface area contributed by atoms with Gasteiger partial charge in [0, 0.05) is 19.4 Å². The summed E-state index contributed by atoms with van der Waals surface area (Å²) < 4.78 is 0. The molecule has 1 aromatic carbocycles. The van der Waals surface area contributed by atoms with Crippen molar-refractivity contribution in [3.63, 3.8) is 0 Å². The summed E-state index contributed by atoms with van der Waals surface area (Å²) in [5.74, 6) is 0.506. The van der Waals surface area contributed by atoms with Crippen LogP contribution >= 0.6 is 0 Å². The summed E-state index contributed by atoms with van der Waals surface area (Å²) in [5, 5.41) is 0. The van der Waals surface area contributed by atoms with E-state index in [9.17, 15) is 9.59 Å². The summed E-state index contributed by atoms with van der Waals surface area (Å²) in [5.41, 5.74) is 1.05. The SMILES string of the molecule is CN1C(=O)c2ccccc2N2C(=O)CC3CCCCCC312. The van der Waals surface area contributed by atoms with Crippen LogP contribution in [0.2, 0.25) is 0 Å². The third-order valence-electron chi connectivity index (χ3n) is 5.57. The Labute approximate surface area is 124 Å². The van der Waals surface area contributed by atoms with Crippen LogP contribution in [0, 0.1) is 5.92 Å². The van der Waals surface area contributed by atoms with Gasteiger partial charge < -0.3 is 4.90 Å². The normalized spacial score (nSPS) is 31.6. The minimum absolute atomic E-state index is 0.0587. The van der Waals surface area contributed by atoms with Crippen LogP contribution in [0.15, 0.2) is 24.3 Å². The monoisotopic (exact) mass is 284 g/mol. The van der Waals surface area contributed by atoms with Gasteiger partial charge in [0.2, 0.25) is 5.91 Å². The molecule has 4 nitrogen and oxygen atoms in total. The molecule has 1 saturated heterocycles. The van der Waals surface area contributed by atoms with Gasteiger partial charge in [-0.2, -0.15) is 0 Å². The van der Waals surface area contributed by atoms with Crippen molar-refractivity contribution in [2.45, 2.75) is 44.2 Å². The molecule has 110 valence electrons. The van der Waals surface area contributed by atoms with Crippen LogP contribution in [0.4, 0.5) is 5.69 Å². The van der Waals surface area contributed by atoms with Gasteiger partial charge in [-0.05, 0) is 31.4 Å². The highest BCUT2D eigenvalue weighted by Crippen LogP contribution is 2.51. The smallest absolute Gasteiger partial charge is 0.257 e. The number of anilines is 1. The largest absolute Gasteiger partial charge is 0.318 e. The summed E-state index contributed by atoms with van der Waals surface area (Å²) in [6, 6.07) is 7.54. The van der Waals surface area contributed by atoms with Gasteiger partial charge in [-0.15, -0.1) is 0 Å². The van der Waals surface area contributed by atoms with Crippen molar-refractivity contribution in [3.05, 3.63) is 29.8 Å². The van der Waals surface area contributed by atoms with Crippen molar-refractivity contribution < 1.29 is 9.59 Å². The van der Waals surface area contributed by atoms with Gasteiger partial charge in [-0.1, -0.05) is 25.0 Å². The molecule has 2 aliphatic heterocycles. The van der Waals surface area contributed by atoms with E-state index in [-0.39, 0.29) is 17.7 Å². The minimum atomic E-state index is -0.418. The molecule has 2 amide bonds. The molecule has 2 fully saturated rings. The molecular weight excluding hydrogens is 264 g/mol. The van der Waals surface area contributed by atoms with E-state index < -0.39 is 5.66 Å². The fourth-order valence-electron chi connectivity index (χ4n) is 4.61. The number of benzene rings is 1. The molecule has 0 aromatic heterocycles. The number of nitrogens with zero attached hydrogens (tertiary/aromatic N) is 2. The quantitative estimate of drug-likeness (QED) is 0.735. The second kappa shape index (κ2) is 4.33. The lowest BCUT2D eigenvalue weighted by Gasteiger charge is -2.51. The lowest BCUT2D eigenvalue weighted by atomic mass is 9.84. The Morgan fingerprint density at radius 2 is 1.95 bits per heavy atom. The molecule has 1 saturated carbocycles. The highest BCUT2D eigenvalue weighted by molar-refractivity contribution is 6.10.